The average molecular weight is 398 g/mol. The van der Waals surface area contributed by atoms with Crippen LogP contribution in [-0.2, 0) is 11.3 Å². The molecule has 0 bridgehead atoms. The highest BCUT2D eigenvalue weighted by molar-refractivity contribution is 7.11. The third kappa shape index (κ3) is 9.08. The second-order valence-electron chi connectivity index (χ2n) is 7.79. The zero-order valence-corrected chi connectivity index (χ0v) is 18.8. The molecule has 0 saturated heterocycles. The van der Waals surface area contributed by atoms with Gasteiger partial charge in [-0.05, 0) is 47.5 Å². The summed E-state index contributed by atoms with van der Waals surface area (Å²) in [7, 11) is 1.76. The predicted molar refractivity (Wildman–Crippen MR) is 112 cm³/mol. The molecule has 0 radical (unpaired) electrons. The standard InChI is InChI=1S/C19H35N5O2S/c1-9-20-17(22-11-16-23-14(3)15(4)27-16)21-10-13(2)12-24(8)18(25)26-19(5,6)7/h13H,9-12H2,1-8H3,(H2,20,21,22). The summed E-state index contributed by atoms with van der Waals surface area (Å²) >= 11 is 1.68. The van der Waals surface area contributed by atoms with Gasteiger partial charge in [0.15, 0.2) is 5.96 Å². The first-order chi connectivity index (χ1) is 12.5. The molecule has 0 aliphatic rings. The predicted octanol–water partition coefficient (Wildman–Crippen LogP) is 3.32. The van der Waals surface area contributed by atoms with Crippen molar-refractivity contribution in [3.63, 3.8) is 0 Å². The van der Waals surface area contributed by atoms with E-state index in [1.54, 1.807) is 23.3 Å². The average Bonchev–Trinajstić information content (AvgIpc) is 2.86. The third-order valence-corrected chi connectivity index (χ3v) is 4.76. The molecule has 1 rings (SSSR count). The lowest BCUT2D eigenvalue weighted by Crippen LogP contribution is -2.42. The first-order valence-corrected chi connectivity index (χ1v) is 10.2. The highest BCUT2D eigenvalue weighted by Crippen LogP contribution is 2.17. The Morgan fingerprint density at radius 3 is 2.52 bits per heavy atom. The summed E-state index contributed by atoms with van der Waals surface area (Å²) < 4.78 is 5.39. The van der Waals surface area contributed by atoms with Crippen LogP contribution in [0.4, 0.5) is 4.79 Å². The van der Waals surface area contributed by atoms with Crippen molar-refractivity contribution in [1.82, 2.24) is 20.5 Å². The minimum atomic E-state index is -0.482. The Morgan fingerprint density at radius 2 is 2.00 bits per heavy atom. The number of nitrogens with one attached hydrogen (secondary N) is 2. The second kappa shape index (κ2) is 10.5. The van der Waals surface area contributed by atoms with Crippen LogP contribution in [-0.4, -0.2) is 54.2 Å². The van der Waals surface area contributed by atoms with Crippen molar-refractivity contribution in [2.45, 2.75) is 60.6 Å². The van der Waals surface area contributed by atoms with Gasteiger partial charge in [-0.3, -0.25) is 0 Å². The van der Waals surface area contributed by atoms with Crippen LogP contribution in [0, 0.1) is 19.8 Å². The van der Waals surface area contributed by atoms with Gasteiger partial charge in [-0.25, -0.2) is 14.8 Å². The summed E-state index contributed by atoms with van der Waals surface area (Å²) in [5.74, 6) is 1.01. The number of rotatable bonds is 7. The van der Waals surface area contributed by atoms with Crippen molar-refractivity contribution in [3.8, 4) is 0 Å². The van der Waals surface area contributed by atoms with Gasteiger partial charge in [0.05, 0.1) is 12.2 Å². The largest absolute Gasteiger partial charge is 0.444 e. The SMILES string of the molecule is CCNC(=NCc1nc(C)c(C)s1)NCC(C)CN(C)C(=O)OC(C)(C)C. The van der Waals surface area contributed by atoms with E-state index in [9.17, 15) is 4.79 Å². The summed E-state index contributed by atoms with van der Waals surface area (Å²) in [5.41, 5.74) is 0.589. The van der Waals surface area contributed by atoms with Crippen LogP contribution in [0.3, 0.4) is 0 Å². The fourth-order valence-corrected chi connectivity index (χ4v) is 3.17. The van der Waals surface area contributed by atoms with Crippen LogP contribution in [0.1, 0.15) is 50.2 Å². The van der Waals surface area contributed by atoms with Gasteiger partial charge in [-0.2, -0.15) is 0 Å². The van der Waals surface area contributed by atoms with Crippen molar-refractivity contribution < 1.29 is 9.53 Å². The van der Waals surface area contributed by atoms with Crippen LogP contribution in [0.5, 0.6) is 0 Å². The van der Waals surface area contributed by atoms with E-state index >= 15 is 0 Å². The van der Waals surface area contributed by atoms with Gasteiger partial charge in [0, 0.05) is 31.6 Å². The molecular weight excluding hydrogens is 362 g/mol. The molecule has 1 aromatic rings. The summed E-state index contributed by atoms with van der Waals surface area (Å²) in [6, 6.07) is 0. The minimum Gasteiger partial charge on any atom is -0.444 e. The number of guanidine groups is 1. The Balaban J connectivity index is 2.52. The monoisotopic (exact) mass is 397 g/mol. The first kappa shape index (κ1) is 23.2. The third-order valence-electron chi connectivity index (χ3n) is 3.70. The molecular formula is C19H35N5O2S. The van der Waals surface area contributed by atoms with Crippen LogP contribution in [0.25, 0.3) is 0 Å². The van der Waals surface area contributed by atoms with Gasteiger partial charge >= 0.3 is 6.09 Å². The molecule has 0 aliphatic carbocycles. The van der Waals surface area contributed by atoms with E-state index in [0.717, 1.165) is 23.2 Å². The Labute approximate surface area is 167 Å². The van der Waals surface area contributed by atoms with Gasteiger partial charge in [0.2, 0.25) is 0 Å². The van der Waals surface area contributed by atoms with Crippen LogP contribution >= 0.6 is 11.3 Å². The summed E-state index contributed by atoms with van der Waals surface area (Å²) in [4.78, 5) is 24.0. The van der Waals surface area contributed by atoms with E-state index in [-0.39, 0.29) is 12.0 Å². The lowest BCUT2D eigenvalue weighted by atomic mass is 10.1. The fourth-order valence-electron chi connectivity index (χ4n) is 2.31. The smallest absolute Gasteiger partial charge is 0.410 e. The minimum absolute atomic E-state index is 0.246. The lowest BCUT2D eigenvalue weighted by Gasteiger charge is -2.26. The maximum absolute atomic E-state index is 12.1. The van der Waals surface area contributed by atoms with Gasteiger partial charge in [-0.15, -0.1) is 11.3 Å². The van der Waals surface area contributed by atoms with Crippen LogP contribution < -0.4 is 10.6 Å². The van der Waals surface area contributed by atoms with Crippen molar-refractivity contribution in [1.29, 1.82) is 0 Å². The first-order valence-electron chi connectivity index (χ1n) is 9.41. The van der Waals surface area contributed by atoms with E-state index in [4.69, 9.17) is 4.74 Å². The zero-order chi connectivity index (χ0) is 20.6. The number of hydrogen-bond donors (Lipinski definition) is 2. The maximum atomic E-state index is 12.1. The van der Waals surface area contributed by atoms with Crippen LogP contribution in [0.15, 0.2) is 4.99 Å². The Bertz CT molecular complexity index is 617. The zero-order valence-electron chi connectivity index (χ0n) is 18.0. The molecule has 7 nitrogen and oxygen atoms in total. The number of aryl methyl sites for hydroxylation is 2. The highest BCUT2D eigenvalue weighted by Gasteiger charge is 2.20. The molecule has 1 heterocycles. The quantitative estimate of drug-likeness (QED) is 0.545. The van der Waals surface area contributed by atoms with Crippen LogP contribution in [0.2, 0.25) is 0 Å². The Hall–Kier alpha value is -1.83. The molecule has 27 heavy (non-hydrogen) atoms. The number of carbonyl (C=O) groups is 1. The number of carbonyl (C=O) groups excluding carboxylic acids is 1. The van der Waals surface area contributed by atoms with Crippen molar-refractivity contribution >= 4 is 23.4 Å². The topological polar surface area (TPSA) is 78.9 Å². The fraction of sp³-hybridized carbons (Fsp3) is 0.737. The molecule has 1 aromatic heterocycles. The van der Waals surface area contributed by atoms with Crippen molar-refractivity contribution in [3.05, 3.63) is 15.6 Å². The van der Waals surface area contributed by atoms with E-state index < -0.39 is 5.60 Å². The number of thiazole rings is 1. The Kier molecular flexibility index (Phi) is 9.02. The molecule has 8 heteroatoms. The van der Waals surface area contributed by atoms with Gasteiger partial charge in [-0.1, -0.05) is 6.92 Å². The molecule has 0 fully saturated rings. The normalized spacial score (nSPS) is 13.3. The summed E-state index contributed by atoms with van der Waals surface area (Å²) in [6.07, 6.45) is -0.301. The maximum Gasteiger partial charge on any atom is 0.410 e. The molecule has 0 saturated carbocycles. The molecule has 0 spiro atoms. The number of hydrogen-bond acceptors (Lipinski definition) is 5. The number of aromatic nitrogens is 1. The number of nitrogens with zero attached hydrogens (tertiary/aromatic N) is 3. The molecule has 2 N–H and O–H groups in total. The van der Waals surface area contributed by atoms with Crippen molar-refractivity contribution in [2.75, 3.05) is 26.7 Å². The summed E-state index contributed by atoms with van der Waals surface area (Å²) in [6.45, 7) is 16.5. The molecule has 0 aromatic carbocycles. The summed E-state index contributed by atoms with van der Waals surface area (Å²) in [5, 5.41) is 7.60. The van der Waals surface area contributed by atoms with E-state index in [2.05, 4.69) is 34.5 Å². The molecule has 1 unspecified atom stereocenters. The van der Waals surface area contributed by atoms with Gasteiger partial charge < -0.3 is 20.3 Å². The van der Waals surface area contributed by atoms with Crippen molar-refractivity contribution in [2.24, 2.45) is 10.9 Å². The Morgan fingerprint density at radius 1 is 1.33 bits per heavy atom. The number of aliphatic imine (C=N–C) groups is 1. The highest BCUT2D eigenvalue weighted by atomic mass is 32.1. The molecule has 1 atom stereocenters. The van der Waals surface area contributed by atoms with E-state index in [1.165, 1.54) is 4.88 Å². The van der Waals surface area contributed by atoms with E-state index in [1.807, 2.05) is 34.6 Å². The number of ether oxygens (including phenoxy) is 1. The van der Waals surface area contributed by atoms with Gasteiger partial charge in [0.25, 0.3) is 0 Å². The van der Waals surface area contributed by atoms with E-state index in [0.29, 0.717) is 19.6 Å². The van der Waals surface area contributed by atoms with Gasteiger partial charge in [0.1, 0.15) is 10.6 Å². The number of amides is 1. The molecule has 1 amide bonds. The molecule has 154 valence electrons. The lowest BCUT2D eigenvalue weighted by molar-refractivity contribution is 0.0278. The second-order valence-corrected chi connectivity index (χ2v) is 9.08. The molecule has 0 aliphatic heterocycles.